The number of amides is 3. The van der Waals surface area contributed by atoms with Crippen molar-refractivity contribution in [2.45, 2.75) is 37.3 Å². The van der Waals surface area contributed by atoms with Gasteiger partial charge in [-0.1, -0.05) is 23.2 Å². The average Bonchev–Trinajstić information content (AvgIpc) is 3.04. The molecule has 7 nitrogen and oxygen atoms in total. The zero-order chi connectivity index (χ0) is 20.2. The second-order valence-corrected chi connectivity index (χ2v) is 9.71. The molecule has 0 aromatic heterocycles. The van der Waals surface area contributed by atoms with Crippen molar-refractivity contribution < 1.29 is 19.1 Å². The van der Waals surface area contributed by atoms with Gasteiger partial charge in [-0.25, -0.2) is 9.59 Å². The first-order chi connectivity index (χ1) is 13.9. The fourth-order valence-corrected chi connectivity index (χ4v) is 5.29. The van der Waals surface area contributed by atoms with E-state index in [0.29, 0.717) is 35.5 Å². The van der Waals surface area contributed by atoms with Gasteiger partial charge in [0, 0.05) is 29.6 Å². The van der Waals surface area contributed by atoms with Crippen LogP contribution in [0.1, 0.15) is 25.7 Å². The van der Waals surface area contributed by atoms with Crippen LogP contribution in [-0.2, 0) is 4.74 Å². The van der Waals surface area contributed by atoms with Crippen molar-refractivity contribution in [2.24, 2.45) is 5.41 Å². The van der Waals surface area contributed by atoms with Crippen molar-refractivity contribution in [3.05, 3.63) is 28.2 Å². The Bertz CT molecular complexity index is 842. The molecule has 3 aliphatic heterocycles. The third kappa shape index (κ3) is 3.48. The SMILES string of the molecule is O=C1NC2(CO1)CN(C(=O)N1CC3(CCC(Oc4cc(Cl)ccc4Cl)CC3)C1)C2. The summed E-state index contributed by atoms with van der Waals surface area (Å²) in [6.07, 6.45) is 3.70. The molecular formula is C20H23Cl2N3O4. The first-order valence-corrected chi connectivity index (χ1v) is 10.7. The molecule has 5 rings (SSSR count). The van der Waals surface area contributed by atoms with Gasteiger partial charge in [-0.2, -0.15) is 0 Å². The van der Waals surface area contributed by atoms with E-state index >= 15 is 0 Å². The molecule has 1 aromatic carbocycles. The summed E-state index contributed by atoms with van der Waals surface area (Å²) >= 11 is 12.2. The van der Waals surface area contributed by atoms with Gasteiger partial charge in [0.2, 0.25) is 0 Å². The highest BCUT2D eigenvalue weighted by molar-refractivity contribution is 6.34. The number of carbonyl (C=O) groups excluding carboxylic acids is 2. The standard InChI is InChI=1S/C20H23Cl2N3O4/c21-13-1-2-15(22)16(7-13)29-14-3-5-19(6-4-14)8-24(9-19)18(27)25-10-20(11-25)12-28-17(26)23-20/h1-2,7,14H,3-6,8-12H2,(H,23,26). The van der Waals surface area contributed by atoms with Gasteiger partial charge in [0.15, 0.2) is 0 Å². The van der Waals surface area contributed by atoms with Crippen molar-refractivity contribution in [3.63, 3.8) is 0 Å². The fourth-order valence-electron chi connectivity index (χ4n) is 4.97. The monoisotopic (exact) mass is 439 g/mol. The topological polar surface area (TPSA) is 71.1 Å². The van der Waals surface area contributed by atoms with Gasteiger partial charge in [0.05, 0.1) is 24.2 Å². The van der Waals surface area contributed by atoms with Crippen LogP contribution in [0.4, 0.5) is 9.59 Å². The lowest BCUT2D eigenvalue weighted by Gasteiger charge is -2.56. The Morgan fingerprint density at radius 1 is 1.14 bits per heavy atom. The number of hydrogen-bond acceptors (Lipinski definition) is 4. The van der Waals surface area contributed by atoms with Crippen molar-refractivity contribution in [1.29, 1.82) is 0 Å². The maximum atomic E-state index is 12.7. The van der Waals surface area contributed by atoms with Gasteiger partial charge >= 0.3 is 12.1 Å². The molecule has 0 radical (unpaired) electrons. The zero-order valence-corrected chi connectivity index (χ0v) is 17.5. The Morgan fingerprint density at radius 2 is 1.83 bits per heavy atom. The van der Waals surface area contributed by atoms with Gasteiger partial charge in [0.1, 0.15) is 17.9 Å². The quantitative estimate of drug-likeness (QED) is 0.764. The molecule has 4 fully saturated rings. The van der Waals surface area contributed by atoms with Crippen LogP contribution in [0.2, 0.25) is 10.0 Å². The van der Waals surface area contributed by atoms with Crippen LogP contribution >= 0.6 is 23.2 Å². The summed E-state index contributed by atoms with van der Waals surface area (Å²) in [7, 11) is 0. The highest BCUT2D eigenvalue weighted by atomic mass is 35.5. The van der Waals surface area contributed by atoms with Crippen molar-refractivity contribution in [1.82, 2.24) is 15.1 Å². The van der Waals surface area contributed by atoms with Crippen molar-refractivity contribution in [3.8, 4) is 5.75 Å². The summed E-state index contributed by atoms with van der Waals surface area (Å²) in [5.41, 5.74) is -0.160. The molecule has 4 aliphatic rings. The molecule has 1 aliphatic carbocycles. The lowest BCUT2D eigenvalue weighted by Crippen LogP contribution is -2.73. The minimum atomic E-state index is -0.391. The van der Waals surface area contributed by atoms with Crippen LogP contribution in [0, 0.1) is 5.41 Å². The maximum absolute atomic E-state index is 12.7. The molecule has 0 unspecified atom stereocenters. The number of ether oxygens (including phenoxy) is 2. The predicted octanol–water partition coefficient (Wildman–Crippen LogP) is 3.53. The van der Waals surface area contributed by atoms with Crippen LogP contribution < -0.4 is 10.1 Å². The van der Waals surface area contributed by atoms with Crippen LogP contribution in [0.5, 0.6) is 5.75 Å². The Balaban J connectivity index is 1.09. The van der Waals surface area contributed by atoms with E-state index in [-0.39, 0.29) is 23.1 Å². The smallest absolute Gasteiger partial charge is 0.407 e. The number of nitrogens with zero attached hydrogens (tertiary/aromatic N) is 2. The van der Waals surface area contributed by atoms with Gasteiger partial charge in [-0.15, -0.1) is 0 Å². The van der Waals surface area contributed by atoms with E-state index in [0.717, 1.165) is 38.8 Å². The molecule has 2 spiro atoms. The Morgan fingerprint density at radius 3 is 2.48 bits per heavy atom. The Labute approximate surface area is 179 Å². The molecule has 1 N–H and O–H groups in total. The number of urea groups is 1. The molecule has 29 heavy (non-hydrogen) atoms. The van der Waals surface area contributed by atoms with E-state index in [1.54, 1.807) is 23.1 Å². The molecule has 9 heteroatoms. The van der Waals surface area contributed by atoms with Gasteiger partial charge in [-0.3, -0.25) is 0 Å². The largest absolute Gasteiger partial charge is 0.489 e. The number of nitrogens with one attached hydrogen (secondary N) is 1. The summed E-state index contributed by atoms with van der Waals surface area (Å²) < 4.78 is 11.0. The molecule has 3 amide bonds. The lowest BCUT2D eigenvalue weighted by molar-refractivity contribution is -0.0440. The number of rotatable bonds is 2. The van der Waals surface area contributed by atoms with E-state index < -0.39 is 6.09 Å². The highest BCUT2D eigenvalue weighted by Crippen LogP contribution is 2.46. The summed E-state index contributed by atoms with van der Waals surface area (Å²) in [6, 6.07) is 5.32. The normalized spacial score (nSPS) is 24.7. The Kier molecular flexibility index (Phi) is 4.51. The number of cyclic esters (lactones) is 1. The number of hydrogen-bond donors (Lipinski definition) is 1. The van der Waals surface area contributed by atoms with E-state index in [1.807, 2.05) is 4.90 Å². The molecule has 1 saturated carbocycles. The molecular weight excluding hydrogens is 417 g/mol. The Hall–Kier alpha value is -1.86. The molecule has 0 atom stereocenters. The second-order valence-electron chi connectivity index (χ2n) is 8.87. The number of halogens is 2. The van der Waals surface area contributed by atoms with E-state index in [2.05, 4.69) is 5.32 Å². The summed E-state index contributed by atoms with van der Waals surface area (Å²) in [5, 5.41) is 4.00. The lowest BCUT2D eigenvalue weighted by atomic mass is 9.68. The van der Waals surface area contributed by atoms with Crippen LogP contribution in [0.3, 0.4) is 0 Å². The highest BCUT2D eigenvalue weighted by Gasteiger charge is 2.54. The predicted molar refractivity (Wildman–Crippen MR) is 108 cm³/mol. The molecule has 3 saturated heterocycles. The first-order valence-electron chi connectivity index (χ1n) is 9.96. The van der Waals surface area contributed by atoms with E-state index in [1.165, 1.54) is 0 Å². The summed E-state index contributed by atoms with van der Waals surface area (Å²) in [6.45, 7) is 2.98. The van der Waals surface area contributed by atoms with Gasteiger partial charge in [-0.05, 0) is 37.8 Å². The molecule has 1 aromatic rings. The maximum Gasteiger partial charge on any atom is 0.407 e. The van der Waals surface area contributed by atoms with Crippen LogP contribution in [-0.4, -0.2) is 66.4 Å². The number of likely N-dealkylation sites (tertiary alicyclic amines) is 2. The third-order valence-electron chi connectivity index (χ3n) is 6.61. The van der Waals surface area contributed by atoms with Crippen LogP contribution in [0.25, 0.3) is 0 Å². The minimum Gasteiger partial charge on any atom is -0.489 e. The number of carbonyl (C=O) groups is 2. The number of alkyl carbamates (subject to hydrolysis) is 1. The van der Waals surface area contributed by atoms with Crippen molar-refractivity contribution in [2.75, 3.05) is 32.8 Å². The fraction of sp³-hybridized carbons (Fsp3) is 0.600. The molecule has 156 valence electrons. The van der Waals surface area contributed by atoms with Crippen LogP contribution in [0.15, 0.2) is 18.2 Å². The molecule has 3 heterocycles. The average molecular weight is 440 g/mol. The number of benzene rings is 1. The first kappa shape index (κ1) is 19.1. The third-order valence-corrected chi connectivity index (χ3v) is 7.15. The van der Waals surface area contributed by atoms with Crippen molar-refractivity contribution >= 4 is 35.3 Å². The molecule has 0 bridgehead atoms. The van der Waals surface area contributed by atoms with E-state index in [9.17, 15) is 9.59 Å². The second kappa shape index (κ2) is 6.84. The zero-order valence-electron chi connectivity index (χ0n) is 16.0. The van der Waals surface area contributed by atoms with Gasteiger partial charge in [0.25, 0.3) is 0 Å². The summed E-state index contributed by atoms with van der Waals surface area (Å²) in [5.74, 6) is 0.639. The van der Waals surface area contributed by atoms with Gasteiger partial charge < -0.3 is 24.6 Å². The summed E-state index contributed by atoms with van der Waals surface area (Å²) in [4.78, 5) is 27.6. The minimum absolute atomic E-state index is 0.0616. The van der Waals surface area contributed by atoms with E-state index in [4.69, 9.17) is 32.7 Å².